The van der Waals surface area contributed by atoms with Crippen molar-refractivity contribution in [2.45, 2.75) is 0 Å². The highest BCUT2D eigenvalue weighted by molar-refractivity contribution is 9.10. The fraction of sp³-hybridized carbons (Fsp3) is 0.182. The lowest BCUT2D eigenvalue weighted by atomic mass is 10.1. The van der Waals surface area contributed by atoms with Crippen molar-refractivity contribution in [2.24, 2.45) is 0 Å². The van der Waals surface area contributed by atoms with Gasteiger partial charge in [0.05, 0.1) is 12.4 Å². The Bertz CT molecular complexity index is 388. The molecule has 78 valence electrons. The lowest BCUT2D eigenvalue weighted by Gasteiger charge is -2.13. The Kier molecular flexibility index (Phi) is 3.49. The summed E-state index contributed by atoms with van der Waals surface area (Å²) in [6, 6.07) is 7.47. The van der Waals surface area contributed by atoms with E-state index in [1.54, 1.807) is 11.8 Å². The van der Waals surface area contributed by atoms with Crippen molar-refractivity contribution in [2.75, 3.05) is 12.4 Å². The average Bonchev–Trinajstić information content (AvgIpc) is 2.71. The third-order valence-electron chi connectivity index (χ3n) is 2.12. The summed E-state index contributed by atoms with van der Waals surface area (Å²) in [5.74, 6) is 1.04. The maximum Gasteiger partial charge on any atom is 0.182 e. The number of hydrogen-bond acceptors (Lipinski definition) is 3. The minimum Gasteiger partial charge on any atom is -0.360 e. The van der Waals surface area contributed by atoms with E-state index in [1.807, 2.05) is 40.8 Å². The van der Waals surface area contributed by atoms with Gasteiger partial charge in [-0.15, -0.1) is 11.8 Å². The van der Waals surface area contributed by atoms with E-state index in [1.165, 1.54) is 0 Å². The molecule has 15 heavy (non-hydrogen) atoms. The first-order chi connectivity index (χ1) is 7.25. The zero-order chi connectivity index (χ0) is 10.7. The molecule has 0 fully saturated rings. The van der Waals surface area contributed by atoms with E-state index in [9.17, 15) is 4.79 Å². The van der Waals surface area contributed by atoms with E-state index in [-0.39, 0.29) is 5.78 Å². The number of hydrogen-bond donors (Lipinski definition) is 0. The molecule has 1 aromatic rings. The molecular weight excluding hydrogens is 274 g/mol. The largest absolute Gasteiger partial charge is 0.360 e. The van der Waals surface area contributed by atoms with E-state index >= 15 is 0 Å². The fourth-order valence-corrected chi connectivity index (χ4v) is 2.30. The van der Waals surface area contributed by atoms with Crippen LogP contribution in [0.4, 0.5) is 0 Å². The van der Waals surface area contributed by atoms with Gasteiger partial charge >= 0.3 is 0 Å². The van der Waals surface area contributed by atoms with Crippen molar-refractivity contribution < 1.29 is 4.79 Å². The van der Waals surface area contributed by atoms with E-state index < -0.39 is 0 Å². The third kappa shape index (κ3) is 2.86. The van der Waals surface area contributed by atoms with E-state index in [2.05, 4.69) is 15.9 Å². The lowest BCUT2D eigenvalue weighted by Crippen LogP contribution is -2.22. The summed E-state index contributed by atoms with van der Waals surface area (Å²) in [7, 11) is 0. The van der Waals surface area contributed by atoms with E-state index in [4.69, 9.17) is 0 Å². The van der Waals surface area contributed by atoms with E-state index in [0.29, 0.717) is 6.54 Å². The van der Waals surface area contributed by atoms with Crippen LogP contribution in [0.1, 0.15) is 10.4 Å². The maximum atomic E-state index is 11.8. The molecule has 0 bridgehead atoms. The Morgan fingerprint density at radius 3 is 2.73 bits per heavy atom. The summed E-state index contributed by atoms with van der Waals surface area (Å²) < 4.78 is 0.996. The third-order valence-corrected chi connectivity index (χ3v) is 3.44. The van der Waals surface area contributed by atoms with Crippen molar-refractivity contribution in [3.63, 3.8) is 0 Å². The van der Waals surface area contributed by atoms with Crippen LogP contribution in [0.3, 0.4) is 0 Å². The first-order valence-corrected chi connectivity index (χ1v) is 6.41. The molecule has 0 atom stereocenters. The molecule has 2 rings (SSSR count). The van der Waals surface area contributed by atoms with Crippen molar-refractivity contribution in [1.29, 1.82) is 0 Å². The summed E-state index contributed by atoms with van der Waals surface area (Å²) in [6.45, 7) is 0.463. The van der Waals surface area contributed by atoms with Crippen LogP contribution in [0.2, 0.25) is 0 Å². The Balaban J connectivity index is 2.01. The monoisotopic (exact) mass is 283 g/mol. The van der Waals surface area contributed by atoms with Gasteiger partial charge in [0.15, 0.2) is 5.78 Å². The highest BCUT2D eigenvalue weighted by atomic mass is 79.9. The summed E-state index contributed by atoms with van der Waals surface area (Å²) in [5.41, 5.74) is 0.767. The highest BCUT2D eigenvalue weighted by Gasteiger charge is 2.11. The van der Waals surface area contributed by atoms with Crippen LogP contribution in [-0.2, 0) is 0 Å². The van der Waals surface area contributed by atoms with Crippen molar-refractivity contribution in [3.8, 4) is 0 Å². The number of benzene rings is 1. The van der Waals surface area contributed by atoms with Crippen molar-refractivity contribution in [1.82, 2.24) is 4.90 Å². The smallest absolute Gasteiger partial charge is 0.182 e. The second-order valence-electron chi connectivity index (χ2n) is 3.26. The zero-order valence-corrected chi connectivity index (χ0v) is 10.4. The first kappa shape index (κ1) is 10.8. The van der Waals surface area contributed by atoms with Gasteiger partial charge < -0.3 is 4.90 Å². The maximum absolute atomic E-state index is 11.8. The Hall–Kier alpha value is -0.740. The minimum atomic E-state index is 0.162. The first-order valence-electron chi connectivity index (χ1n) is 4.57. The number of thioether (sulfide) groups is 1. The molecule has 0 amide bonds. The van der Waals surface area contributed by atoms with Gasteiger partial charge in [0.1, 0.15) is 0 Å². The highest BCUT2D eigenvalue weighted by Crippen LogP contribution is 2.16. The standard InChI is InChI=1S/C11H10BrNOS/c12-10-3-1-9(2-4-10)11(14)7-13-5-6-15-8-13/h1-6H,7-8H2. The quantitative estimate of drug-likeness (QED) is 0.795. The SMILES string of the molecule is O=C(CN1C=CSC1)c1ccc(Br)cc1. The lowest BCUT2D eigenvalue weighted by molar-refractivity contribution is 0.0963. The number of Topliss-reactive ketones (excluding diaryl/α,β-unsaturated/α-hetero) is 1. The topological polar surface area (TPSA) is 20.3 Å². The summed E-state index contributed by atoms with van der Waals surface area (Å²) in [4.78, 5) is 13.8. The Morgan fingerprint density at radius 2 is 2.13 bits per heavy atom. The van der Waals surface area contributed by atoms with Crippen LogP contribution < -0.4 is 0 Å². The van der Waals surface area contributed by atoms with Crippen LogP contribution in [-0.4, -0.2) is 23.1 Å². The fourth-order valence-electron chi connectivity index (χ4n) is 1.32. The van der Waals surface area contributed by atoms with Crippen LogP contribution in [0.5, 0.6) is 0 Å². The molecule has 0 spiro atoms. The van der Waals surface area contributed by atoms with Crippen LogP contribution in [0, 0.1) is 0 Å². The predicted octanol–water partition coefficient (Wildman–Crippen LogP) is 3.11. The second kappa shape index (κ2) is 4.86. The molecular formula is C11H10BrNOS. The van der Waals surface area contributed by atoms with Gasteiger partial charge in [0.2, 0.25) is 0 Å². The summed E-state index contributed by atoms with van der Waals surface area (Å²) in [5, 5.41) is 2.01. The number of carbonyl (C=O) groups excluding carboxylic acids is 1. The Morgan fingerprint density at radius 1 is 1.40 bits per heavy atom. The molecule has 0 aromatic heterocycles. The molecule has 4 heteroatoms. The minimum absolute atomic E-state index is 0.162. The molecule has 0 unspecified atom stereocenters. The molecule has 0 aliphatic carbocycles. The van der Waals surface area contributed by atoms with Crippen molar-refractivity contribution in [3.05, 3.63) is 45.9 Å². The number of ketones is 1. The molecule has 2 nitrogen and oxygen atoms in total. The van der Waals surface area contributed by atoms with Gasteiger partial charge in [-0.2, -0.15) is 0 Å². The number of nitrogens with zero attached hydrogens (tertiary/aromatic N) is 1. The average molecular weight is 284 g/mol. The normalized spacial score (nSPS) is 14.6. The molecule has 0 saturated carbocycles. The molecule has 1 aliphatic heterocycles. The summed E-state index contributed by atoms with van der Waals surface area (Å²) in [6.07, 6.45) is 1.96. The van der Waals surface area contributed by atoms with Gasteiger partial charge in [-0.05, 0) is 17.5 Å². The molecule has 1 heterocycles. The van der Waals surface area contributed by atoms with Gasteiger partial charge in [-0.3, -0.25) is 4.79 Å². The summed E-state index contributed by atoms with van der Waals surface area (Å²) >= 11 is 5.05. The van der Waals surface area contributed by atoms with Crippen molar-refractivity contribution >= 4 is 33.5 Å². The number of rotatable bonds is 3. The zero-order valence-electron chi connectivity index (χ0n) is 8.02. The second-order valence-corrected chi connectivity index (χ2v) is 5.04. The molecule has 0 saturated heterocycles. The van der Waals surface area contributed by atoms with Gasteiger partial charge in [0, 0.05) is 16.2 Å². The van der Waals surface area contributed by atoms with Crippen LogP contribution in [0.15, 0.2) is 40.3 Å². The molecule has 1 aliphatic rings. The molecule has 0 N–H and O–H groups in total. The van der Waals surface area contributed by atoms with Gasteiger partial charge in [-0.1, -0.05) is 28.1 Å². The van der Waals surface area contributed by atoms with Crippen LogP contribution >= 0.6 is 27.7 Å². The number of halogens is 1. The predicted molar refractivity (Wildman–Crippen MR) is 66.8 cm³/mol. The van der Waals surface area contributed by atoms with Crippen LogP contribution in [0.25, 0.3) is 0 Å². The van der Waals surface area contributed by atoms with Gasteiger partial charge in [-0.25, -0.2) is 0 Å². The molecule has 0 radical (unpaired) electrons. The van der Waals surface area contributed by atoms with Gasteiger partial charge in [0.25, 0.3) is 0 Å². The van der Waals surface area contributed by atoms with E-state index in [0.717, 1.165) is 15.9 Å². The Labute approximate surface area is 101 Å². The number of carbonyl (C=O) groups is 1. The molecule has 1 aromatic carbocycles.